The normalized spacial score (nSPS) is 23.9. The van der Waals surface area contributed by atoms with Crippen LogP contribution in [0.15, 0.2) is 18.3 Å². The molecule has 3 rings (SSSR count). The Labute approximate surface area is 99.2 Å². The summed E-state index contributed by atoms with van der Waals surface area (Å²) in [5.41, 5.74) is 1.52. The molecule has 1 fully saturated rings. The number of fused-ring (bicyclic) bond motifs is 1. The molecule has 0 amide bonds. The summed E-state index contributed by atoms with van der Waals surface area (Å²) in [4.78, 5) is 11.7. The number of imidazole rings is 1. The number of aromatic nitrogens is 3. The molecule has 1 aliphatic heterocycles. The summed E-state index contributed by atoms with van der Waals surface area (Å²) in [7, 11) is -2.90. The van der Waals surface area contributed by atoms with Crippen molar-refractivity contribution >= 4 is 21.0 Å². The molecule has 2 aromatic rings. The van der Waals surface area contributed by atoms with Crippen LogP contribution in [-0.2, 0) is 9.84 Å². The molecular weight excluding hydrogens is 238 g/mol. The van der Waals surface area contributed by atoms with Crippen LogP contribution in [0.2, 0.25) is 0 Å². The molecule has 0 aliphatic carbocycles. The van der Waals surface area contributed by atoms with Crippen LogP contribution in [0.5, 0.6) is 0 Å². The molecular formula is C11H13N3O2S. The number of aromatic amines is 1. The number of sulfone groups is 1. The largest absolute Gasteiger partial charge is 0.340 e. The summed E-state index contributed by atoms with van der Waals surface area (Å²) in [6.07, 6.45) is 3.28. The molecule has 0 bridgehead atoms. The minimum absolute atomic E-state index is 0.0112. The Morgan fingerprint density at radius 3 is 3.06 bits per heavy atom. The Hall–Kier alpha value is -1.43. The Balaban J connectivity index is 1.98. The molecule has 1 saturated heterocycles. The zero-order valence-electron chi connectivity index (χ0n) is 9.26. The minimum Gasteiger partial charge on any atom is -0.340 e. The first-order valence-electron chi connectivity index (χ1n) is 5.65. The Morgan fingerprint density at radius 2 is 2.29 bits per heavy atom. The number of hydrogen-bond acceptors (Lipinski definition) is 4. The molecule has 1 atom stereocenters. The summed E-state index contributed by atoms with van der Waals surface area (Å²) in [5, 5.41) is 0. The van der Waals surface area contributed by atoms with E-state index in [1.165, 1.54) is 0 Å². The van der Waals surface area contributed by atoms with E-state index in [1.807, 2.05) is 12.1 Å². The van der Waals surface area contributed by atoms with Gasteiger partial charge in [0.05, 0.1) is 17.0 Å². The third kappa shape index (κ3) is 2.04. The number of nitrogens with one attached hydrogen (secondary N) is 1. The molecule has 90 valence electrons. The van der Waals surface area contributed by atoms with Crippen molar-refractivity contribution in [1.82, 2.24) is 15.0 Å². The quantitative estimate of drug-likeness (QED) is 0.827. The van der Waals surface area contributed by atoms with Crippen LogP contribution in [-0.4, -0.2) is 34.9 Å². The number of rotatable bonds is 1. The maximum absolute atomic E-state index is 11.6. The van der Waals surface area contributed by atoms with Gasteiger partial charge in [0.2, 0.25) is 0 Å². The van der Waals surface area contributed by atoms with E-state index >= 15 is 0 Å². The zero-order valence-corrected chi connectivity index (χ0v) is 10.1. The van der Waals surface area contributed by atoms with E-state index in [-0.39, 0.29) is 11.7 Å². The minimum atomic E-state index is -2.90. The van der Waals surface area contributed by atoms with E-state index in [0.29, 0.717) is 11.4 Å². The Morgan fingerprint density at radius 1 is 1.41 bits per heavy atom. The second-order valence-electron chi connectivity index (χ2n) is 4.45. The lowest BCUT2D eigenvalue weighted by Gasteiger charge is -2.19. The summed E-state index contributed by atoms with van der Waals surface area (Å²) in [6.45, 7) is 0. The summed E-state index contributed by atoms with van der Waals surface area (Å²) >= 11 is 0. The molecule has 3 heterocycles. The third-order valence-electron chi connectivity index (χ3n) is 3.13. The number of pyridine rings is 1. The lowest BCUT2D eigenvalue weighted by molar-refractivity contribution is 0.546. The third-order valence-corrected chi connectivity index (χ3v) is 4.95. The lowest BCUT2D eigenvalue weighted by atomic mass is 10.1. The van der Waals surface area contributed by atoms with Gasteiger partial charge in [-0.05, 0) is 25.0 Å². The SMILES string of the molecule is O=S1(=O)CCCC(c2nc3ncccc3[nH]2)C1. The standard InChI is InChI=1S/C11H13N3O2S/c15-17(16)6-2-3-8(7-17)10-13-9-4-1-5-12-11(9)14-10/h1,4-5,8H,2-3,6-7H2,(H,12,13,14). The molecule has 6 heteroatoms. The number of nitrogens with zero attached hydrogens (tertiary/aromatic N) is 2. The van der Waals surface area contributed by atoms with Gasteiger partial charge >= 0.3 is 0 Å². The van der Waals surface area contributed by atoms with Crippen molar-refractivity contribution in [3.8, 4) is 0 Å². The van der Waals surface area contributed by atoms with Gasteiger partial charge in [-0.2, -0.15) is 0 Å². The van der Waals surface area contributed by atoms with Crippen molar-refractivity contribution in [2.75, 3.05) is 11.5 Å². The fourth-order valence-electron chi connectivity index (χ4n) is 2.30. The maximum Gasteiger partial charge on any atom is 0.177 e. The molecule has 2 aromatic heterocycles. The van der Waals surface area contributed by atoms with E-state index in [4.69, 9.17) is 0 Å². The Bertz CT molecular complexity index is 615. The van der Waals surface area contributed by atoms with Crippen molar-refractivity contribution in [3.63, 3.8) is 0 Å². The highest BCUT2D eigenvalue weighted by molar-refractivity contribution is 7.91. The summed E-state index contributed by atoms with van der Waals surface area (Å²) in [6, 6.07) is 3.73. The van der Waals surface area contributed by atoms with Crippen molar-refractivity contribution in [2.24, 2.45) is 0 Å². The van der Waals surface area contributed by atoms with Crippen LogP contribution in [0.3, 0.4) is 0 Å². The number of hydrogen-bond donors (Lipinski definition) is 1. The van der Waals surface area contributed by atoms with Crippen LogP contribution in [0.25, 0.3) is 11.2 Å². The average Bonchev–Trinajstić information content (AvgIpc) is 2.71. The van der Waals surface area contributed by atoms with Gasteiger partial charge in [-0.1, -0.05) is 0 Å². The van der Waals surface area contributed by atoms with Gasteiger partial charge in [0.25, 0.3) is 0 Å². The predicted octanol–water partition coefficient (Wildman–Crippen LogP) is 1.25. The Kier molecular flexibility index (Phi) is 2.39. The van der Waals surface area contributed by atoms with Crippen LogP contribution in [0, 0.1) is 0 Å². The van der Waals surface area contributed by atoms with Gasteiger partial charge in [-0.3, -0.25) is 0 Å². The highest BCUT2D eigenvalue weighted by Gasteiger charge is 2.28. The molecule has 1 aliphatic rings. The van der Waals surface area contributed by atoms with Gasteiger partial charge in [-0.25, -0.2) is 18.4 Å². The monoisotopic (exact) mass is 251 g/mol. The fraction of sp³-hybridized carbons (Fsp3) is 0.455. The maximum atomic E-state index is 11.6. The lowest BCUT2D eigenvalue weighted by Crippen LogP contribution is -2.24. The first-order valence-corrected chi connectivity index (χ1v) is 7.47. The molecule has 0 aromatic carbocycles. The molecule has 0 spiro atoms. The van der Waals surface area contributed by atoms with Crippen molar-refractivity contribution in [3.05, 3.63) is 24.2 Å². The molecule has 5 nitrogen and oxygen atoms in total. The van der Waals surface area contributed by atoms with Crippen LogP contribution in [0.4, 0.5) is 0 Å². The summed E-state index contributed by atoms with van der Waals surface area (Å²) in [5.74, 6) is 1.25. The molecule has 1 N–H and O–H groups in total. The van der Waals surface area contributed by atoms with Crippen LogP contribution < -0.4 is 0 Å². The van der Waals surface area contributed by atoms with E-state index in [0.717, 1.165) is 24.2 Å². The highest BCUT2D eigenvalue weighted by Crippen LogP contribution is 2.27. The van der Waals surface area contributed by atoms with Crippen LogP contribution in [0.1, 0.15) is 24.6 Å². The fourth-order valence-corrected chi connectivity index (χ4v) is 4.01. The van der Waals surface area contributed by atoms with Crippen molar-refractivity contribution in [1.29, 1.82) is 0 Å². The van der Waals surface area contributed by atoms with Crippen molar-refractivity contribution in [2.45, 2.75) is 18.8 Å². The van der Waals surface area contributed by atoms with E-state index in [2.05, 4.69) is 15.0 Å². The van der Waals surface area contributed by atoms with Gasteiger partial charge < -0.3 is 4.98 Å². The van der Waals surface area contributed by atoms with Crippen LogP contribution >= 0.6 is 0 Å². The second-order valence-corrected chi connectivity index (χ2v) is 6.68. The first kappa shape index (κ1) is 10.7. The highest BCUT2D eigenvalue weighted by atomic mass is 32.2. The zero-order chi connectivity index (χ0) is 11.9. The molecule has 0 saturated carbocycles. The van der Waals surface area contributed by atoms with Gasteiger partial charge in [-0.15, -0.1) is 0 Å². The van der Waals surface area contributed by atoms with Gasteiger partial charge in [0.15, 0.2) is 15.5 Å². The number of H-pyrrole nitrogens is 1. The van der Waals surface area contributed by atoms with Gasteiger partial charge in [0.1, 0.15) is 5.82 Å². The van der Waals surface area contributed by atoms with E-state index in [1.54, 1.807) is 6.20 Å². The van der Waals surface area contributed by atoms with Gasteiger partial charge in [0, 0.05) is 12.1 Å². The van der Waals surface area contributed by atoms with E-state index < -0.39 is 9.84 Å². The molecule has 0 radical (unpaired) electrons. The first-order chi connectivity index (χ1) is 8.14. The summed E-state index contributed by atoms with van der Waals surface area (Å²) < 4.78 is 23.2. The van der Waals surface area contributed by atoms with Crippen molar-refractivity contribution < 1.29 is 8.42 Å². The molecule has 17 heavy (non-hydrogen) atoms. The smallest absolute Gasteiger partial charge is 0.177 e. The molecule has 1 unspecified atom stereocenters. The predicted molar refractivity (Wildman–Crippen MR) is 64.5 cm³/mol. The second kappa shape index (κ2) is 3.80. The average molecular weight is 251 g/mol. The van der Waals surface area contributed by atoms with E-state index in [9.17, 15) is 8.42 Å². The topological polar surface area (TPSA) is 75.7 Å².